The molecule has 1 aliphatic heterocycles. The van der Waals surface area contributed by atoms with Crippen molar-refractivity contribution in [3.63, 3.8) is 0 Å². The van der Waals surface area contributed by atoms with Crippen LogP contribution in [-0.4, -0.2) is 52.0 Å². The molecule has 1 atom stereocenters. The van der Waals surface area contributed by atoms with Crippen LogP contribution in [0.5, 0.6) is 0 Å². The minimum Gasteiger partial charge on any atom is -0.330 e. The molecule has 3 aromatic rings. The lowest BCUT2D eigenvalue weighted by molar-refractivity contribution is -0.120. The molecule has 0 spiro atoms. The summed E-state index contributed by atoms with van der Waals surface area (Å²) in [7, 11) is -3.49. The number of anilines is 1. The lowest BCUT2D eigenvalue weighted by Gasteiger charge is -2.31. The zero-order valence-corrected chi connectivity index (χ0v) is 18.6. The number of rotatable bonds is 6. The number of piperidine rings is 1. The van der Waals surface area contributed by atoms with Crippen LogP contribution in [0.2, 0.25) is 0 Å². The number of hydrogen-bond acceptors (Lipinski definition) is 5. The molecule has 3 heterocycles. The maximum absolute atomic E-state index is 12.9. The Morgan fingerprint density at radius 1 is 1.20 bits per heavy atom. The quantitative estimate of drug-likeness (QED) is 0.571. The van der Waals surface area contributed by atoms with Crippen LogP contribution in [0.1, 0.15) is 12.8 Å². The van der Waals surface area contributed by atoms with Crippen LogP contribution in [0, 0.1) is 5.92 Å². The topological polar surface area (TPSA) is 97.2 Å². The Morgan fingerprint density at radius 2 is 2.03 bits per heavy atom. The third-order valence-electron chi connectivity index (χ3n) is 5.24. The van der Waals surface area contributed by atoms with Crippen LogP contribution in [0.3, 0.4) is 0 Å². The second kappa shape index (κ2) is 8.83. The highest BCUT2D eigenvalue weighted by Crippen LogP contribution is 2.22. The fourth-order valence-electron chi connectivity index (χ4n) is 3.62. The number of amides is 1. The third kappa shape index (κ3) is 4.71. The average Bonchev–Trinajstić information content (AvgIpc) is 3.17. The minimum absolute atomic E-state index is 0.0318. The summed E-state index contributed by atoms with van der Waals surface area (Å²) in [6, 6.07) is 11.1. The van der Waals surface area contributed by atoms with Gasteiger partial charge < -0.3 is 9.88 Å². The van der Waals surface area contributed by atoms with E-state index >= 15 is 0 Å². The molecule has 1 fully saturated rings. The van der Waals surface area contributed by atoms with E-state index < -0.39 is 15.9 Å². The van der Waals surface area contributed by atoms with Gasteiger partial charge in [0.15, 0.2) is 0 Å². The van der Waals surface area contributed by atoms with E-state index in [4.69, 9.17) is 0 Å². The van der Waals surface area contributed by atoms with Crippen molar-refractivity contribution < 1.29 is 13.2 Å². The van der Waals surface area contributed by atoms with Crippen LogP contribution >= 0.6 is 15.9 Å². The number of carbonyl (C=O) groups excluding carboxylic acids is 1. The van der Waals surface area contributed by atoms with Crippen LogP contribution in [0.4, 0.5) is 5.82 Å². The van der Waals surface area contributed by atoms with Gasteiger partial charge in [-0.1, -0.05) is 12.1 Å². The lowest BCUT2D eigenvalue weighted by atomic mass is 9.99. The molecular formula is C20H22BrN5O3S. The molecular weight excluding hydrogens is 470 g/mol. The maximum atomic E-state index is 12.9. The third-order valence-corrected chi connectivity index (χ3v) is 7.53. The maximum Gasteiger partial charge on any atom is 0.229 e. The minimum atomic E-state index is -3.49. The molecule has 1 aliphatic rings. The zero-order chi connectivity index (χ0) is 21.1. The van der Waals surface area contributed by atoms with Crippen LogP contribution in [-0.2, 0) is 21.4 Å². The van der Waals surface area contributed by atoms with E-state index in [1.165, 1.54) is 4.31 Å². The van der Waals surface area contributed by atoms with Gasteiger partial charge >= 0.3 is 0 Å². The molecule has 30 heavy (non-hydrogen) atoms. The summed E-state index contributed by atoms with van der Waals surface area (Å²) in [6.07, 6.45) is 4.57. The van der Waals surface area contributed by atoms with Crippen LogP contribution in [0.25, 0.3) is 11.0 Å². The second-order valence-electron chi connectivity index (χ2n) is 7.29. The molecule has 10 heteroatoms. The Labute approximate surface area is 183 Å². The van der Waals surface area contributed by atoms with Gasteiger partial charge in [-0.25, -0.2) is 22.7 Å². The van der Waals surface area contributed by atoms with E-state index in [2.05, 4.69) is 31.2 Å². The van der Waals surface area contributed by atoms with Gasteiger partial charge in [0.1, 0.15) is 5.82 Å². The summed E-state index contributed by atoms with van der Waals surface area (Å²) in [5.41, 5.74) is 1.75. The summed E-state index contributed by atoms with van der Waals surface area (Å²) in [4.78, 5) is 21.1. The molecule has 0 radical (unpaired) electrons. The summed E-state index contributed by atoms with van der Waals surface area (Å²) in [5, 5.41) is 2.78. The van der Waals surface area contributed by atoms with Gasteiger partial charge in [-0.15, -0.1) is 0 Å². The van der Waals surface area contributed by atoms with Gasteiger partial charge in [0.2, 0.25) is 15.9 Å². The van der Waals surface area contributed by atoms with Crippen molar-refractivity contribution >= 4 is 48.7 Å². The van der Waals surface area contributed by atoms with Crippen molar-refractivity contribution in [1.82, 2.24) is 18.8 Å². The smallest absolute Gasteiger partial charge is 0.229 e. The Hall–Kier alpha value is -2.30. The predicted molar refractivity (Wildman–Crippen MR) is 118 cm³/mol. The second-order valence-corrected chi connectivity index (χ2v) is 10.3. The van der Waals surface area contributed by atoms with E-state index in [1.807, 2.05) is 28.8 Å². The molecule has 1 N–H and O–H groups in total. The Bertz CT molecular complexity index is 1150. The number of pyridine rings is 1. The number of fused-ring (bicyclic) bond motifs is 1. The number of nitrogens with zero attached hydrogens (tertiary/aromatic N) is 4. The van der Waals surface area contributed by atoms with Gasteiger partial charge in [-0.2, -0.15) is 0 Å². The highest BCUT2D eigenvalue weighted by Gasteiger charge is 2.32. The number of imidazole rings is 1. The first kappa shape index (κ1) is 21.0. The molecule has 2 aromatic heterocycles. The highest BCUT2D eigenvalue weighted by atomic mass is 79.9. The fourth-order valence-corrected chi connectivity index (χ4v) is 5.35. The van der Waals surface area contributed by atoms with Crippen molar-refractivity contribution in [3.05, 3.63) is 53.4 Å². The molecule has 1 aromatic carbocycles. The van der Waals surface area contributed by atoms with Gasteiger partial charge in [-0.3, -0.25) is 4.79 Å². The van der Waals surface area contributed by atoms with E-state index in [0.717, 1.165) is 15.5 Å². The number of benzene rings is 1. The SMILES string of the molecule is O=C(Nc1ccc(Br)cn1)C1CCCN(S(=O)(=O)CCn2cnc3ccccc32)C1. The van der Waals surface area contributed by atoms with Crippen LogP contribution < -0.4 is 5.32 Å². The van der Waals surface area contributed by atoms with Crippen molar-refractivity contribution in [2.24, 2.45) is 5.92 Å². The number of para-hydroxylation sites is 2. The molecule has 1 amide bonds. The Balaban J connectivity index is 1.38. The van der Waals surface area contributed by atoms with E-state index in [9.17, 15) is 13.2 Å². The molecule has 0 saturated carbocycles. The van der Waals surface area contributed by atoms with E-state index in [1.54, 1.807) is 24.7 Å². The number of carbonyl (C=O) groups is 1. The first-order chi connectivity index (χ1) is 14.4. The molecule has 0 bridgehead atoms. The van der Waals surface area contributed by atoms with Gasteiger partial charge in [0.25, 0.3) is 0 Å². The number of aromatic nitrogens is 3. The summed E-state index contributed by atoms with van der Waals surface area (Å²) >= 11 is 3.31. The monoisotopic (exact) mass is 491 g/mol. The Kier molecular flexibility index (Phi) is 6.16. The fraction of sp³-hybridized carbons (Fsp3) is 0.350. The van der Waals surface area contributed by atoms with Gasteiger partial charge in [-0.05, 0) is 53.0 Å². The van der Waals surface area contributed by atoms with Gasteiger partial charge in [0, 0.05) is 30.3 Å². The van der Waals surface area contributed by atoms with Crippen molar-refractivity contribution in [2.75, 3.05) is 24.2 Å². The van der Waals surface area contributed by atoms with Crippen molar-refractivity contribution in [2.45, 2.75) is 19.4 Å². The number of nitrogens with one attached hydrogen (secondary N) is 1. The summed E-state index contributed by atoms with van der Waals surface area (Å²) < 4.78 is 30.0. The number of halogens is 1. The van der Waals surface area contributed by atoms with E-state index in [-0.39, 0.29) is 18.2 Å². The number of aryl methyl sites for hydroxylation is 1. The molecule has 158 valence electrons. The molecule has 4 rings (SSSR count). The summed E-state index contributed by atoms with van der Waals surface area (Å²) in [6.45, 7) is 0.946. The normalized spacial score (nSPS) is 17.8. The first-order valence-electron chi connectivity index (χ1n) is 9.72. The average molecular weight is 492 g/mol. The number of sulfonamides is 1. The highest BCUT2D eigenvalue weighted by molar-refractivity contribution is 9.10. The lowest BCUT2D eigenvalue weighted by Crippen LogP contribution is -2.45. The molecule has 1 saturated heterocycles. The van der Waals surface area contributed by atoms with Gasteiger partial charge in [0.05, 0.1) is 29.0 Å². The molecule has 8 nitrogen and oxygen atoms in total. The van der Waals surface area contributed by atoms with Crippen molar-refractivity contribution in [3.8, 4) is 0 Å². The molecule has 0 aliphatic carbocycles. The standard InChI is InChI=1S/C20H22BrN5O3S/c21-16-7-8-19(22-12-16)24-20(27)15-4-3-9-26(13-15)30(28,29)11-10-25-14-23-17-5-1-2-6-18(17)25/h1-2,5-8,12,14-15H,3-4,9-11,13H2,(H,22,24,27). The first-order valence-corrected chi connectivity index (χ1v) is 12.1. The predicted octanol–water partition coefficient (Wildman–Crippen LogP) is 2.87. The van der Waals surface area contributed by atoms with Crippen LogP contribution in [0.15, 0.2) is 53.4 Å². The summed E-state index contributed by atoms with van der Waals surface area (Å²) in [5.74, 6) is -0.177. The van der Waals surface area contributed by atoms with E-state index in [0.29, 0.717) is 31.7 Å². The largest absolute Gasteiger partial charge is 0.330 e. The Morgan fingerprint density at radius 3 is 2.83 bits per heavy atom. The van der Waals surface area contributed by atoms with Crippen molar-refractivity contribution in [1.29, 1.82) is 0 Å². The molecule has 1 unspecified atom stereocenters. The number of hydrogen-bond donors (Lipinski definition) is 1. The zero-order valence-electron chi connectivity index (χ0n) is 16.2.